The first-order valence-electron chi connectivity index (χ1n) is 6.41. The van der Waals surface area contributed by atoms with Gasteiger partial charge in [-0.15, -0.1) is 11.3 Å². The highest BCUT2D eigenvalue weighted by Crippen LogP contribution is 2.34. The zero-order valence-electron chi connectivity index (χ0n) is 10.3. The Morgan fingerprint density at radius 3 is 2.88 bits per heavy atom. The van der Waals surface area contributed by atoms with Crippen molar-refractivity contribution < 1.29 is 0 Å². The topological polar surface area (TPSA) is 24.9 Å². The van der Waals surface area contributed by atoms with E-state index >= 15 is 0 Å². The summed E-state index contributed by atoms with van der Waals surface area (Å²) in [6.07, 6.45) is 10.1. The number of rotatable bonds is 4. The van der Waals surface area contributed by atoms with Crippen LogP contribution in [0.4, 0.5) is 0 Å². The van der Waals surface area contributed by atoms with E-state index in [-0.39, 0.29) is 0 Å². The molecule has 1 aromatic rings. The van der Waals surface area contributed by atoms with Crippen LogP contribution in [0.1, 0.15) is 54.8 Å². The Bertz CT molecular complexity index is 315. The van der Waals surface area contributed by atoms with Gasteiger partial charge >= 0.3 is 0 Å². The molecule has 1 heterocycles. The summed E-state index contributed by atoms with van der Waals surface area (Å²) in [5.74, 6) is 0.761. The minimum Gasteiger partial charge on any atom is -0.317 e. The molecule has 16 heavy (non-hydrogen) atoms. The van der Waals surface area contributed by atoms with Gasteiger partial charge in [0.25, 0.3) is 0 Å². The quantitative estimate of drug-likeness (QED) is 0.870. The van der Waals surface area contributed by atoms with Crippen LogP contribution >= 0.6 is 11.3 Å². The summed E-state index contributed by atoms with van der Waals surface area (Å²) in [6.45, 7) is 2.22. The van der Waals surface area contributed by atoms with Crippen molar-refractivity contribution in [2.75, 3.05) is 7.05 Å². The average molecular weight is 238 g/mol. The molecule has 1 saturated carbocycles. The summed E-state index contributed by atoms with van der Waals surface area (Å²) < 4.78 is 0. The molecule has 0 amide bonds. The first-order chi connectivity index (χ1) is 7.79. The Labute approximate surface area is 102 Å². The molecule has 3 heteroatoms. The molecule has 1 unspecified atom stereocenters. The molecule has 1 fully saturated rings. The number of hydrogen-bond acceptors (Lipinski definition) is 3. The Kier molecular flexibility index (Phi) is 4.36. The van der Waals surface area contributed by atoms with Gasteiger partial charge in [0.15, 0.2) is 0 Å². The monoisotopic (exact) mass is 238 g/mol. The van der Waals surface area contributed by atoms with Crippen LogP contribution in [-0.2, 0) is 6.42 Å². The van der Waals surface area contributed by atoms with Crippen molar-refractivity contribution in [1.29, 1.82) is 0 Å². The van der Waals surface area contributed by atoms with Gasteiger partial charge in [-0.1, -0.05) is 19.3 Å². The number of nitrogens with zero attached hydrogens (tertiary/aromatic N) is 1. The molecule has 1 N–H and O–H groups in total. The minimum absolute atomic E-state index is 0.555. The average Bonchev–Trinajstić information content (AvgIpc) is 2.78. The van der Waals surface area contributed by atoms with Crippen LogP contribution in [-0.4, -0.2) is 18.1 Å². The highest BCUT2D eigenvalue weighted by atomic mass is 32.1. The predicted molar refractivity (Wildman–Crippen MR) is 70.2 cm³/mol. The van der Waals surface area contributed by atoms with Gasteiger partial charge in [-0.05, 0) is 33.2 Å². The van der Waals surface area contributed by atoms with E-state index in [4.69, 9.17) is 0 Å². The normalized spacial score (nSPS) is 19.9. The third-order valence-corrected chi connectivity index (χ3v) is 4.71. The van der Waals surface area contributed by atoms with E-state index in [0.29, 0.717) is 6.04 Å². The van der Waals surface area contributed by atoms with E-state index in [9.17, 15) is 0 Å². The van der Waals surface area contributed by atoms with Crippen molar-refractivity contribution in [3.05, 3.63) is 16.1 Å². The molecule has 0 aromatic carbocycles. The SMILES string of the molecule is CNC(C)Cc1cnc(C2CCCCC2)s1. The van der Waals surface area contributed by atoms with Gasteiger partial charge in [-0.3, -0.25) is 0 Å². The van der Waals surface area contributed by atoms with Gasteiger partial charge in [-0.25, -0.2) is 4.98 Å². The second-order valence-electron chi connectivity index (χ2n) is 4.89. The third-order valence-electron chi connectivity index (χ3n) is 3.53. The van der Waals surface area contributed by atoms with E-state index < -0.39 is 0 Å². The third kappa shape index (κ3) is 3.05. The van der Waals surface area contributed by atoms with Crippen LogP contribution in [0.5, 0.6) is 0 Å². The number of likely N-dealkylation sites (N-methyl/N-ethyl adjacent to an activating group) is 1. The van der Waals surface area contributed by atoms with Crippen molar-refractivity contribution in [3.8, 4) is 0 Å². The summed E-state index contributed by atoms with van der Waals surface area (Å²) in [5.41, 5.74) is 0. The number of aromatic nitrogens is 1. The molecule has 1 atom stereocenters. The summed E-state index contributed by atoms with van der Waals surface area (Å²) in [5, 5.41) is 4.67. The minimum atomic E-state index is 0.555. The summed E-state index contributed by atoms with van der Waals surface area (Å²) in [4.78, 5) is 6.05. The lowest BCUT2D eigenvalue weighted by Gasteiger charge is -2.18. The molecule has 2 nitrogen and oxygen atoms in total. The first-order valence-corrected chi connectivity index (χ1v) is 7.23. The van der Waals surface area contributed by atoms with Crippen molar-refractivity contribution >= 4 is 11.3 Å². The lowest BCUT2D eigenvalue weighted by atomic mass is 9.90. The van der Waals surface area contributed by atoms with Crippen LogP contribution < -0.4 is 5.32 Å². The van der Waals surface area contributed by atoms with Gasteiger partial charge < -0.3 is 5.32 Å². The molecule has 0 radical (unpaired) electrons. The molecule has 1 aliphatic carbocycles. The molecule has 0 bridgehead atoms. The number of nitrogens with one attached hydrogen (secondary N) is 1. The summed E-state index contributed by atoms with van der Waals surface area (Å²) >= 11 is 1.93. The van der Waals surface area contributed by atoms with Crippen molar-refractivity contribution in [3.63, 3.8) is 0 Å². The van der Waals surface area contributed by atoms with Crippen molar-refractivity contribution in [2.24, 2.45) is 0 Å². The van der Waals surface area contributed by atoms with E-state index in [1.807, 2.05) is 18.4 Å². The Hall–Kier alpha value is -0.410. The second kappa shape index (κ2) is 5.78. The maximum absolute atomic E-state index is 4.62. The van der Waals surface area contributed by atoms with E-state index in [1.165, 1.54) is 42.0 Å². The molecule has 2 rings (SSSR count). The standard InChI is InChI=1S/C13H22N2S/c1-10(14-2)8-12-9-15-13(16-12)11-6-4-3-5-7-11/h9-11,14H,3-8H2,1-2H3. The molecule has 0 aliphatic heterocycles. The zero-order chi connectivity index (χ0) is 11.4. The van der Waals surface area contributed by atoms with E-state index in [2.05, 4.69) is 23.4 Å². The van der Waals surface area contributed by atoms with Gasteiger partial charge in [0, 0.05) is 23.0 Å². The van der Waals surface area contributed by atoms with Gasteiger partial charge in [-0.2, -0.15) is 0 Å². The van der Waals surface area contributed by atoms with Crippen LogP contribution in [0.2, 0.25) is 0 Å². The maximum atomic E-state index is 4.62. The summed E-state index contributed by atoms with van der Waals surface area (Å²) in [6, 6.07) is 0.555. The fraction of sp³-hybridized carbons (Fsp3) is 0.769. The second-order valence-corrected chi connectivity index (χ2v) is 6.04. The van der Waals surface area contributed by atoms with E-state index in [0.717, 1.165) is 12.3 Å². The Balaban J connectivity index is 1.95. The highest BCUT2D eigenvalue weighted by molar-refractivity contribution is 7.11. The smallest absolute Gasteiger partial charge is 0.0958 e. The molecular weight excluding hydrogens is 216 g/mol. The number of hydrogen-bond donors (Lipinski definition) is 1. The zero-order valence-corrected chi connectivity index (χ0v) is 11.1. The lowest BCUT2D eigenvalue weighted by molar-refractivity contribution is 0.442. The Morgan fingerprint density at radius 1 is 1.44 bits per heavy atom. The Morgan fingerprint density at radius 2 is 2.19 bits per heavy atom. The van der Waals surface area contributed by atoms with Crippen LogP contribution in [0.25, 0.3) is 0 Å². The number of thiazole rings is 1. The maximum Gasteiger partial charge on any atom is 0.0958 e. The fourth-order valence-electron chi connectivity index (χ4n) is 2.36. The highest BCUT2D eigenvalue weighted by Gasteiger charge is 2.18. The van der Waals surface area contributed by atoms with E-state index in [1.54, 1.807) is 0 Å². The molecule has 90 valence electrons. The van der Waals surface area contributed by atoms with Crippen LogP contribution in [0.3, 0.4) is 0 Å². The first kappa shape index (κ1) is 12.1. The lowest BCUT2D eigenvalue weighted by Crippen LogP contribution is -2.22. The molecule has 0 spiro atoms. The fourth-order valence-corrected chi connectivity index (χ4v) is 3.57. The van der Waals surface area contributed by atoms with Crippen LogP contribution in [0.15, 0.2) is 6.20 Å². The van der Waals surface area contributed by atoms with Gasteiger partial charge in [0.2, 0.25) is 0 Å². The van der Waals surface area contributed by atoms with Crippen molar-refractivity contribution in [2.45, 2.75) is 57.4 Å². The predicted octanol–water partition coefficient (Wildman–Crippen LogP) is 3.34. The molecule has 1 aromatic heterocycles. The van der Waals surface area contributed by atoms with Gasteiger partial charge in [0.05, 0.1) is 5.01 Å². The largest absolute Gasteiger partial charge is 0.317 e. The van der Waals surface area contributed by atoms with Crippen LogP contribution in [0, 0.1) is 0 Å². The van der Waals surface area contributed by atoms with Crippen molar-refractivity contribution in [1.82, 2.24) is 10.3 Å². The summed E-state index contributed by atoms with van der Waals surface area (Å²) in [7, 11) is 2.02. The molecule has 0 saturated heterocycles. The molecular formula is C13H22N2S. The van der Waals surface area contributed by atoms with Gasteiger partial charge in [0.1, 0.15) is 0 Å². The molecule has 1 aliphatic rings.